The maximum atomic E-state index is 13.1. The van der Waals surface area contributed by atoms with E-state index in [4.69, 9.17) is 24.2 Å². The molecular weight excluding hydrogens is 598 g/mol. The predicted molar refractivity (Wildman–Crippen MR) is 176 cm³/mol. The van der Waals surface area contributed by atoms with Crippen molar-refractivity contribution in [2.24, 2.45) is 0 Å². The van der Waals surface area contributed by atoms with Gasteiger partial charge >= 0.3 is 12.1 Å². The summed E-state index contributed by atoms with van der Waals surface area (Å²) in [6, 6.07) is 17.1. The van der Waals surface area contributed by atoms with E-state index in [9.17, 15) is 15.2 Å². The molecule has 3 saturated heterocycles. The van der Waals surface area contributed by atoms with Gasteiger partial charge < -0.3 is 34.0 Å². The number of hydrogen-bond acceptors (Lipinski definition) is 11. The van der Waals surface area contributed by atoms with E-state index < -0.39 is 17.4 Å². The predicted octanol–water partition coefficient (Wildman–Crippen LogP) is 3.70. The van der Waals surface area contributed by atoms with E-state index in [2.05, 4.69) is 58.3 Å². The van der Waals surface area contributed by atoms with Crippen LogP contribution in [0.15, 0.2) is 42.5 Å². The number of nitriles is 1. The van der Waals surface area contributed by atoms with Gasteiger partial charge in [-0.2, -0.15) is 15.2 Å². The lowest BCUT2D eigenvalue weighted by Gasteiger charge is -2.61. The lowest BCUT2D eigenvalue weighted by atomic mass is 9.89. The normalized spacial score (nSPS) is 24.1. The molecule has 0 saturated carbocycles. The van der Waals surface area contributed by atoms with Crippen LogP contribution in [0.25, 0.3) is 10.8 Å². The molecule has 3 aromatic rings. The minimum atomic E-state index is -0.817. The molecule has 4 aliphatic rings. The lowest BCUT2D eigenvalue weighted by molar-refractivity contribution is -0.373. The highest BCUT2D eigenvalue weighted by Crippen LogP contribution is 2.39. The van der Waals surface area contributed by atoms with Crippen molar-refractivity contribution in [3.63, 3.8) is 0 Å². The zero-order valence-corrected chi connectivity index (χ0v) is 27.4. The number of piperazine rings is 1. The van der Waals surface area contributed by atoms with Crippen molar-refractivity contribution < 1.29 is 24.1 Å². The fourth-order valence-electron chi connectivity index (χ4n) is 7.09. The van der Waals surface area contributed by atoms with Crippen molar-refractivity contribution in [3.05, 3.63) is 53.7 Å². The number of amides is 1. The number of aliphatic hydroxyl groups is 1. The molecule has 248 valence electrons. The molecule has 0 bridgehead atoms. The molecule has 5 heterocycles. The summed E-state index contributed by atoms with van der Waals surface area (Å²) in [5.41, 5.74) is 1.72. The van der Waals surface area contributed by atoms with Crippen LogP contribution in [0.2, 0.25) is 0 Å². The maximum Gasteiger partial charge on any atom is 0.410 e. The maximum absolute atomic E-state index is 13.1. The molecule has 2 aromatic carbocycles. The van der Waals surface area contributed by atoms with E-state index in [0.717, 1.165) is 36.6 Å². The van der Waals surface area contributed by atoms with Crippen LogP contribution in [0.4, 0.5) is 16.3 Å². The molecule has 0 radical (unpaired) electrons. The first-order valence-corrected chi connectivity index (χ1v) is 16.6. The van der Waals surface area contributed by atoms with E-state index in [1.807, 2.05) is 25.7 Å². The molecule has 1 N–H and O–H groups in total. The number of morpholine rings is 1. The lowest BCUT2D eigenvalue weighted by Crippen LogP contribution is -2.80. The first kappa shape index (κ1) is 31.4. The number of fused-ring (bicyclic) bond motifs is 3. The quantitative estimate of drug-likeness (QED) is 0.362. The van der Waals surface area contributed by atoms with Gasteiger partial charge in [-0.1, -0.05) is 36.4 Å². The Bertz CT molecular complexity index is 1680. The third-order valence-electron chi connectivity index (χ3n) is 9.62. The third-order valence-corrected chi connectivity index (χ3v) is 9.62. The molecule has 3 atom stereocenters. The second-order valence-corrected chi connectivity index (χ2v) is 13.9. The highest BCUT2D eigenvalue weighted by atomic mass is 16.6. The molecule has 2 unspecified atom stereocenters. The fourth-order valence-corrected chi connectivity index (χ4v) is 7.09. The first-order chi connectivity index (χ1) is 22.6. The van der Waals surface area contributed by atoms with E-state index in [-0.39, 0.29) is 18.6 Å². The van der Waals surface area contributed by atoms with E-state index in [1.54, 1.807) is 4.90 Å². The number of benzene rings is 2. The van der Waals surface area contributed by atoms with Gasteiger partial charge in [-0.3, -0.25) is 4.90 Å². The Morgan fingerprint density at radius 3 is 2.68 bits per heavy atom. The SMILES string of the molecule is CC(C)(C)OC(=O)N1CCN(c2nc(OCCCN3CC4OC[C@]43O)nc3c2CCN(c2cccc4ccccc24)C3)CC1CC#N. The number of nitrogens with zero attached hydrogens (tertiary/aromatic N) is 7. The zero-order valence-electron chi connectivity index (χ0n) is 27.4. The molecule has 12 nitrogen and oxygen atoms in total. The number of rotatable bonds is 8. The van der Waals surface area contributed by atoms with Gasteiger partial charge in [0.05, 0.1) is 44.0 Å². The smallest absolute Gasteiger partial charge is 0.410 e. The van der Waals surface area contributed by atoms with Gasteiger partial charge in [0.2, 0.25) is 0 Å². The highest BCUT2D eigenvalue weighted by molar-refractivity contribution is 5.94. The van der Waals surface area contributed by atoms with Crippen molar-refractivity contribution in [3.8, 4) is 12.1 Å². The molecule has 1 aromatic heterocycles. The standard InChI is InChI=1S/C35H43N7O5/c1-34(2,3)47-33(43)42-18-17-40(20-25(42)12-14-36)31-27-13-16-39(29-11-6-9-24-8-4-5-10-26(24)29)21-28(27)37-32(38-31)45-19-7-15-41-22-30-35(41,44)23-46-30/h4-6,8-11,25,30,44H,7,12-13,15-23H2,1-3H3/t25?,30?,35-/m0/s1. The Kier molecular flexibility index (Phi) is 8.32. The van der Waals surface area contributed by atoms with Gasteiger partial charge in [0.15, 0.2) is 5.72 Å². The summed E-state index contributed by atoms with van der Waals surface area (Å²) >= 11 is 0. The van der Waals surface area contributed by atoms with Crippen molar-refractivity contribution in [2.75, 3.05) is 62.3 Å². The van der Waals surface area contributed by atoms with Gasteiger partial charge in [-0.05, 0) is 45.1 Å². The summed E-state index contributed by atoms with van der Waals surface area (Å²) in [6.07, 6.45) is 1.19. The van der Waals surface area contributed by atoms with Gasteiger partial charge in [0, 0.05) is 55.9 Å². The fraction of sp³-hybridized carbons (Fsp3) is 0.543. The molecule has 1 amide bonds. The van der Waals surface area contributed by atoms with Gasteiger partial charge in [-0.25, -0.2) is 4.79 Å². The summed E-state index contributed by atoms with van der Waals surface area (Å²) in [6.45, 7) is 10.6. The Morgan fingerprint density at radius 2 is 1.94 bits per heavy atom. The molecule has 4 aliphatic heterocycles. The summed E-state index contributed by atoms with van der Waals surface area (Å²) in [4.78, 5) is 31.2. The number of likely N-dealkylation sites (tertiary alicyclic amines) is 1. The van der Waals surface area contributed by atoms with Crippen LogP contribution in [-0.2, 0) is 22.4 Å². The topological polar surface area (TPSA) is 128 Å². The molecule has 12 heteroatoms. The van der Waals surface area contributed by atoms with Gasteiger partial charge in [0.25, 0.3) is 0 Å². The van der Waals surface area contributed by atoms with Crippen LogP contribution in [0, 0.1) is 11.3 Å². The van der Waals surface area contributed by atoms with Crippen LogP contribution < -0.4 is 14.5 Å². The van der Waals surface area contributed by atoms with Crippen LogP contribution in [0.5, 0.6) is 6.01 Å². The molecule has 0 spiro atoms. The Labute approximate surface area is 275 Å². The first-order valence-electron chi connectivity index (χ1n) is 16.6. The molecule has 3 fully saturated rings. The minimum absolute atomic E-state index is 0.0692. The Balaban J connectivity index is 1.13. The average Bonchev–Trinajstić information content (AvgIpc) is 3.05. The number of hydrogen-bond donors (Lipinski definition) is 1. The van der Waals surface area contributed by atoms with Crippen molar-refractivity contribution in [2.45, 2.75) is 70.1 Å². The molecule has 7 rings (SSSR count). The van der Waals surface area contributed by atoms with E-state index >= 15 is 0 Å². The largest absolute Gasteiger partial charge is 0.463 e. The summed E-state index contributed by atoms with van der Waals surface area (Å²) in [5.74, 6) is 0.806. The summed E-state index contributed by atoms with van der Waals surface area (Å²) in [5, 5.41) is 22.6. The molecule has 47 heavy (non-hydrogen) atoms. The van der Waals surface area contributed by atoms with E-state index in [1.165, 1.54) is 16.5 Å². The number of aromatic nitrogens is 2. The number of carbonyl (C=O) groups excluding carboxylic acids is 1. The van der Waals surface area contributed by atoms with Crippen molar-refractivity contribution in [1.82, 2.24) is 19.8 Å². The Morgan fingerprint density at radius 1 is 1.11 bits per heavy atom. The van der Waals surface area contributed by atoms with Crippen molar-refractivity contribution in [1.29, 1.82) is 5.26 Å². The van der Waals surface area contributed by atoms with Crippen LogP contribution in [-0.4, -0.2) is 107 Å². The zero-order chi connectivity index (χ0) is 32.8. The number of carbonyl (C=O) groups is 1. The Hall–Kier alpha value is -4.18. The monoisotopic (exact) mass is 641 g/mol. The second kappa shape index (κ2) is 12.4. The number of ether oxygens (including phenoxy) is 3. The van der Waals surface area contributed by atoms with Crippen LogP contribution in [0.3, 0.4) is 0 Å². The molecule has 0 aliphatic carbocycles. The van der Waals surface area contributed by atoms with Crippen LogP contribution in [0.1, 0.15) is 44.9 Å². The van der Waals surface area contributed by atoms with Crippen LogP contribution >= 0.6 is 0 Å². The second-order valence-electron chi connectivity index (χ2n) is 13.9. The third kappa shape index (κ3) is 6.15. The summed E-state index contributed by atoms with van der Waals surface area (Å²) < 4.78 is 17.3. The van der Waals surface area contributed by atoms with Crippen molar-refractivity contribution >= 4 is 28.4 Å². The summed E-state index contributed by atoms with van der Waals surface area (Å²) in [7, 11) is 0. The highest BCUT2D eigenvalue weighted by Gasteiger charge is 2.60. The molecular formula is C35H43N7O5. The number of anilines is 2. The minimum Gasteiger partial charge on any atom is -0.463 e. The van der Waals surface area contributed by atoms with Gasteiger partial charge in [0.1, 0.15) is 17.5 Å². The van der Waals surface area contributed by atoms with Gasteiger partial charge in [-0.15, -0.1) is 0 Å². The van der Waals surface area contributed by atoms with E-state index in [0.29, 0.717) is 58.4 Å². The average molecular weight is 642 g/mol.